The van der Waals surface area contributed by atoms with E-state index >= 15 is 0 Å². The summed E-state index contributed by atoms with van der Waals surface area (Å²) in [6.07, 6.45) is 2.99. The Balaban J connectivity index is 1.30. The van der Waals surface area contributed by atoms with Gasteiger partial charge in [0.15, 0.2) is 11.5 Å². The minimum absolute atomic E-state index is 0.0965. The smallest absolute Gasteiger partial charge is 0.241 e. The molecular weight excluding hydrogens is 584 g/mol. The molecule has 2 aliphatic carbocycles. The molecule has 9 nitrogen and oxygen atoms in total. The van der Waals surface area contributed by atoms with E-state index in [1.807, 2.05) is 19.1 Å². The number of ether oxygens (including phenoxy) is 1. The van der Waals surface area contributed by atoms with Gasteiger partial charge in [-0.25, -0.2) is 4.90 Å². The number of imide groups is 2. The van der Waals surface area contributed by atoms with Crippen LogP contribution in [0, 0.1) is 29.1 Å². The molecule has 0 spiro atoms. The first-order chi connectivity index (χ1) is 22.2. The van der Waals surface area contributed by atoms with Crippen LogP contribution in [0.1, 0.15) is 43.7 Å². The number of hydrogen-bond acceptors (Lipinski definition) is 7. The first kappa shape index (κ1) is 29.8. The minimum atomic E-state index is -1.26. The first-order valence-corrected chi connectivity index (χ1v) is 15.9. The van der Waals surface area contributed by atoms with Gasteiger partial charge in [-0.3, -0.25) is 24.1 Å². The second kappa shape index (κ2) is 11.2. The molecule has 6 atom stereocenters. The Morgan fingerprint density at radius 2 is 1.61 bits per heavy atom. The third kappa shape index (κ3) is 4.35. The molecule has 3 fully saturated rings. The molecule has 4 amide bonds. The molecule has 236 valence electrons. The summed E-state index contributed by atoms with van der Waals surface area (Å²) in [4.78, 5) is 59.2. The van der Waals surface area contributed by atoms with Crippen LogP contribution in [0.15, 0.2) is 84.4 Å². The van der Waals surface area contributed by atoms with Crippen molar-refractivity contribution in [3.63, 3.8) is 0 Å². The van der Waals surface area contributed by atoms with Gasteiger partial charge in [-0.15, -0.1) is 0 Å². The lowest BCUT2D eigenvalue weighted by atomic mass is 9.51. The van der Waals surface area contributed by atoms with E-state index in [1.54, 1.807) is 73.7 Å². The van der Waals surface area contributed by atoms with Crippen LogP contribution in [0.4, 0.5) is 5.69 Å². The largest absolute Gasteiger partial charge is 0.508 e. The zero-order valence-electron chi connectivity index (χ0n) is 25.8. The molecule has 46 heavy (non-hydrogen) atoms. The van der Waals surface area contributed by atoms with Crippen molar-refractivity contribution >= 4 is 29.3 Å². The molecule has 3 aromatic carbocycles. The lowest BCUT2D eigenvalue weighted by molar-refractivity contribution is -0.140. The van der Waals surface area contributed by atoms with Crippen LogP contribution in [-0.4, -0.2) is 51.9 Å². The number of carbonyl (C=O) groups is 4. The average Bonchev–Trinajstić information content (AvgIpc) is 3.41. The topological polar surface area (TPSA) is 124 Å². The third-order valence-electron chi connectivity index (χ3n) is 10.6. The Bertz CT molecular complexity index is 1770. The van der Waals surface area contributed by atoms with Crippen LogP contribution in [0.3, 0.4) is 0 Å². The van der Waals surface area contributed by atoms with Crippen LogP contribution in [0.5, 0.6) is 17.2 Å². The standard InChI is InChI=1S/C37H36N2O7/c1-3-46-29-11-7-10-26(32(29)41)31-24-16-17-25-30(35(44)38(33(25)42)19-18-21-12-14-23(40)15-13-21)27(24)20-28-34(43)39(36(45)37(28,31)2)22-8-5-4-6-9-22/h4-16,25,27-28,30-31,40-41H,3,17-20H2,1-2H3/t25-,27+,28-,30-,31+,37+/m0/s1. The summed E-state index contributed by atoms with van der Waals surface area (Å²) in [7, 11) is 0. The van der Waals surface area contributed by atoms with Gasteiger partial charge in [0, 0.05) is 18.0 Å². The molecular formula is C37H36N2O7. The Morgan fingerprint density at radius 1 is 0.870 bits per heavy atom. The number of rotatable bonds is 7. The van der Waals surface area contributed by atoms with Crippen LogP contribution >= 0.6 is 0 Å². The van der Waals surface area contributed by atoms with E-state index in [-0.39, 0.29) is 53.8 Å². The van der Waals surface area contributed by atoms with Gasteiger partial charge < -0.3 is 14.9 Å². The Morgan fingerprint density at radius 3 is 2.33 bits per heavy atom. The highest BCUT2D eigenvalue weighted by atomic mass is 16.5. The number of fused-ring (bicyclic) bond motifs is 4. The van der Waals surface area contributed by atoms with Crippen molar-refractivity contribution in [1.82, 2.24) is 4.90 Å². The lowest BCUT2D eigenvalue weighted by Gasteiger charge is -2.49. The minimum Gasteiger partial charge on any atom is -0.508 e. The highest BCUT2D eigenvalue weighted by Crippen LogP contribution is 2.64. The van der Waals surface area contributed by atoms with E-state index in [9.17, 15) is 29.4 Å². The SMILES string of the molecule is CCOc1cccc([C@H]2C3=CC[C@@H]4C(=O)N(CCc5ccc(O)cc5)C(=O)[C@@H]4[C@@H]3C[C@H]3C(=O)N(c4ccccc4)C(=O)[C@@]23C)c1O. The normalized spacial score (nSPS) is 28.6. The number of phenols is 2. The van der Waals surface area contributed by atoms with Crippen molar-refractivity contribution < 1.29 is 34.1 Å². The highest BCUT2D eigenvalue weighted by molar-refractivity contribution is 6.24. The van der Waals surface area contributed by atoms with Crippen molar-refractivity contribution in [1.29, 1.82) is 0 Å². The fourth-order valence-electron chi connectivity index (χ4n) is 8.42. The number of likely N-dealkylation sites (tertiary alicyclic amines) is 1. The summed E-state index contributed by atoms with van der Waals surface area (Å²) in [5.74, 6) is -4.09. The second-order valence-electron chi connectivity index (χ2n) is 12.9. The quantitative estimate of drug-likeness (QED) is 0.282. The van der Waals surface area contributed by atoms with Crippen LogP contribution < -0.4 is 9.64 Å². The Kier molecular flexibility index (Phi) is 7.22. The van der Waals surface area contributed by atoms with Gasteiger partial charge in [-0.2, -0.15) is 0 Å². The highest BCUT2D eigenvalue weighted by Gasteiger charge is 2.67. The van der Waals surface area contributed by atoms with Gasteiger partial charge in [-0.1, -0.05) is 54.1 Å². The fraction of sp³-hybridized carbons (Fsp3) is 0.351. The van der Waals surface area contributed by atoms with E-state index in [1.165, 1.54) is 9.80 Å². The van der Waals surface area contributed by atoms with Gasteiger partial charge in [0.1, 0.15) is 5.75 Å². The Labute approximate surface area is 267 Å². The molecule has 4 aliphatic rings. The Hall–Kier alpha value is -4.92. The van der Waals surface area contributed by atoms with E-state index < -0.39 is 35.0 Å². The summed E-state index contributed by atoms with van der Waals surface area (Å²) in [6.45, 7) is 4.15. The predicted octanol–water partition coefficient (Wildman–Crippen LogP) is 4.97. The van der Waals surface area contributed by atoms with Crippen molar-refractivity contribution in [2.24, 2.45) is 29.1 Å². The summed E-state index contributed by atoms with van der Waals surface area (Å²) in [5, 5.41) is 21.2. The van der Waals surface area contributed by atoms with Gasteiger partial charge in [-0.05, 0) is 74.9 Å². The number of nitrogens with zero attached hydrogens (tertiary/aromatic N) is 2. The van der Waals surface area contributed by atoms with Gasteiger partial charge >= 0.3 is 0 Å². The molecule has 3 aromatic rings. The van der Waals surface area contributed by atoms with Gasteiger partial charge in [0.25, 0.3) is 0 Å². The molecule has 2 heterocycles. The molecule has 0 aromatic heterocycles. The average molecular weight is 621 g/mol. The number of anilines is 1. The van der Waals surface area contributed by atoms with Crippen LogP contribution in [-0.2, 0) is 25.6 Å². The molecule has 2 aliphatic heterocycles. The van der Waals surface area contributed by atoms with E-state index in [4.69, 9.17) is 4.74 Å². The zero-order chi connectivity index (χ0) is 32.3. The summed E-state index contributed by atoms with van der Waals surface area (Å²) in [5.41, 5.74) is 1.38. The molecule has 0 radical (unpaired) electrons. The van der Waals surface area contributed by atoms with Crippen LogP contribution in [0.2, 0.25) is 0 Å². The fourth-order valence-corrected chi connectivity index (χ4v) is 8.42. The number of aromatic hydroxyl groups is 2. The lowest BCUT2D eigenvalue weighted by Crippen LogP contribution is -2.49. The van der Waals surface area contributed by atoms with E-state index in [2.05, 4.69) is 0 Å². The first-order valence-electron chi connectivity index (χ1n) is 15.9. The summed E-state index contributed by atoms with van der Waals surface area (Å²) >= 11 is 0. The molecule has 9 heteroatoms. The van der Waals surface area contributed by atoms with E-state index in [0.717, 1.165) is 11.1 Å². The monoisotopic (exact) mass is 620 g/mol. The number of para-hydroxylation sites is 2. The number of amides is 4. The van der Waals surface area contributed by atoms with Crippen molar-refractivity contribution in [2.75, 3.05) is 18.1 Å². The van der Waals surface area contributed by atoms with Gasteiger partial charge in [0.05, 0.1) is 35.5 Å². The summed E-state index contributed by atoms with van der Waals surface area (Å²) in [6, 6.07) is 20.7. The summed E-state index contributed by atoms with van der Waals surface area (Å²) < 4.78 is 5.72. The zero-order valence-corrected chi connectivity index (χ0v) is 25.8. The van der Waals surface area contributed by atoms with Gasteiger partial charge in [0.2, 0.25) is 23.6 Å². The predicted molar refractivity (Wildman–Crippen MR) is 169 cm³/mol. The molecule has 0 unspecified atom stereocenters. The van der Waals surface area contributed by atoms with Crippen molar-refractivity contribution in [3.8, 4) is 17.2 Å². The van der Waals surface area contributed by atoms with Crippen molar-refractivity contribution in [2.45, 2.75) is 39.0 Å². The number of hydrogen-bond donors (Lipinski definition) is 2. The molecule has 2 N–H and O–H groups in total. The molecule has 1 saturated carbocycles. The van der Waals surface area contributed by atoms with Crippen molar-refractivity contribution in [3.05, 3.63) is 95.6 Å². The molecule has 2 saturated heterocycles. The second-order valence-corrected chi connectivity index (χ2v) is 12.9. The number of allylic oxidation sites excluding steroid dienone is 2. The molecule has 0 bridgehead atoms. The number of benzene rings is 3. The molecule has 7 rings (SSSR count). The third-order valence-corrected chi connectivity index (χ3v) is 10.6. The maximum absolute atomic E-state index is 14.5. The number of carbonyl (C=O) groups excluding carboxylic acids is 4. The maximum Gasteiger partial charge on any atom is 0.241 e. The van der Waals surface area contributed by atoms with Crippen LogP contribution in [0.25, 0.3) is 0 Å². The number of phenolic OH excluding ortho intramolecular Hbond substituents is 2. The maximum atomic E-state index is 14.5. The van der Waals surface area contributed by atoms with E-state index in [0.29, 0.717) is 30.7 Å².